The molecule has 0 aliphatic rings. The van der Waals surface area contributed by atoms with Crippen LogP contribution in [-0.4, -0.2) is 36.3 Å². The number of hydrogen-bond donors (Lipinski definition) is 1. The summed E-state index contributed by atoms with van der Waals surface area (Å²) in [6, 6.07) is 0.275. The van der Waals surface area contributed by atoms with E-state index < -0.39 is 0 Å². The summed E-state index contributed by atoms with van der Waals surface area (Å²) in [6.45, 7) is 9.68. The molecule has 0 heterocycles. The lowest BCUT2D eigenvalue weighted by Gasteiger charge is -2.09. The van der Waals surface area contributed by atoms with Gasteiger partial charge in [-0.1, -0.05) is 0 Å². The first-order chi connectivity index (χ1) is 6.31. The van der Waals surface area contributed by atoms with Crippen molar-refractivity contribution in [1.29, 1.82) is 0 Å². The molecule has 0 fully saturated rings. The van der Waals surface area contributed by atoms with E-state index in [4.69, 9.17) is 0 Å². The summed E-state index contributed by atoms with van der Waals surface area (Å²) >= 11 is 0. The number of rotatable bonds is 2. The number of carbonyl (C=O) groups is 2. The van der Waals surface area contributed by atoms with Crippen molar-refractivity contribution >= 4 is 11.8 Å². The Hall–Kier alpha value is -1.06. The van der Waals surface area contributed by atoms with Gasteiger partial charge in [0.05, 0.1) is 0 Å². The molecule has 0 saturated heterocycles. The highest BCUT2D eigenvalue weighted by atomic mass is 16.2. The van der Waals surface area contributed by atoms with Crippen LogP contribution in [0.25, 0.3) is 0 Å². The number of carbonyl (C=O) groups excluding carboxylic acids is 2. The lowest BCUT2D eigenvalue weighted by Crippen LogP contribution is -2.27. The summed E-state index contributed by atoms with van der Waals surface area (Å²) < 4.78 is 0. The summed E-state index contributed by atoms with van der Waals surface area (Å²) in [5.74, 6) is 0.164. The van der Waals surface area contributed by atoms with Gasteiger partial charge in [0.25, 0.3) is 0 Å². The van der Waals surface area contributed by atoms with E-state index in [2.05, 4.69) is 5.32 Å². The minimum absolute atomic E-state index is 0.0370. The Balaban J connectivity index is 0. The maximum atomic E-state index is 10.3. The molecule has 2 amide bonds. The summed E-state index contributed by atoms with van der Waals surface area (Å²) in [5, 5.41) is 2.67. The topological polar surface area (TPSA) is 49.4 Å². The van der Waals surface area contributed by atoms with Crippen molar-refractivity contribution in [2.45, 2.75) is 40.7 Å². The maximum absolute atomic E-state index is 10.3. The van der Waals surface area contributed by atoms with Gasteiger partial charge in [-0.2, -0.15) is 0 Å². The lowest BCUT2D eigenvalue weighted by atomic mass is 10.4. The Kier molecular flexibility index (Phi) is 9.40. The van der Waals surface area contributed by atoms with E-state index in [-0.39, 0.29) is 17.9 Å². The van der Waals surface area contributed by atoms with Crippen molar-refractivity contribution in [2.24, 2.45) is 0 Å². The van der Waals surface area contributed by atoms with Gasteiger partial charge in [-0.05, 0) is 20.8 Å². The van der Waals surface area contributed by atoms with Gasteiger partial charge in [0, 0.05) is 33.5 Å². The van der Waals surface area contributed by atoms with Gasteiger partial charge in [-0.25, -0.2) is 0 Å². The molecule has 84 valence electrons. The van der Waals surface area contributed by atoms with Crippen LogP contribution in [0.5, 0.6) is 0 Å². The third-order valence-electron chi connectivity index (χ3n) is 1.50. The van der Waals surface area contributed by atoms with Gasteiger partial charge >= 0.3 is 0 Å². The average molecular weight is 202 g/mol. The van der Waals surface area contributed by atoms with E-state index in [9.17, 15) is 9.59 Å². The van der Waals surface area contributed by atoms with Crippen molar-refractivity contribution < 1.29 is 9.59 Å². The molecule has 0 unspecified atom stereocenters. The molecule has 0 aromatic carbocycles. The Morgan fingerprint density at radius 3 is 1.71 bits per heavy atom. The third kappa shape index (κ3) is 13.5. The van der Waals surface area contributed by atoms with Crippen LogP contribution in [0, 0.1) is 0 Å². The summed E-state index contributed by atoms with van der Waals surface area (Å²) in [5.41, 5.74) is 0. The van der Waals surface area contributed by atoms with Crippen molar-refractivity contribution in [3.05, 3.63) is 0 Å². The highest BCUT2D eigenvalue weighted by Gasteiger charge is 1.93. The van der Waals surface area contributed by atoms with Gasteiger partial charge in [-0.15, -0.1) is 0 Å². The van der Waals surface area contributed by atoms with Crippen molar-refractivity contribution in [2.75, 3.05) is 13.6 Å². The molecule has 0 aliphatic heterocycles. The molecule has 0 aromatic rings. The largest absolute Gasteiger partial charge is 0.354 e. The fourth-order valence-corrected chi connectivity index (χ4v) is 0.629. The molecule has 0 bridgehead atoms. The smallest absolute Gasteiger partial charge is 0.219 e. The fourth-order valence-electron chi connectivity index (χ4n) is 0.629. The second kappa shape index (κ2) is 8.53. The van der Waals surface area contributed by atoms with E-state index in [1.165, 1.54) is 6.92 Å². The molecule has 0 spiro atoms. The second-order valence-corrected chi connectivity index (χ2v) is 3.39. The monoisotopic (exact) mass is 202 g/mol. The molecule has 14 heavy (non-hydrogen) atoms. The predicted octanol–water partition coefficient (Wildman–Crippen LogP) is 1.02. The molecular formula is C10H22N2O2. The Morgan fingerprint density at radius 1 is 1.29 bits per heavy atom. The molecule has 0 aromatic heterocycles. The molecule has 4 heteroatoms. The molecule has 0 radical (unpaired) electrons. The Labute approximate surface area is 86.7 Å². The van der Waals surface area contributed by atoms with Crippen LogP contribution in [0.2, 0.25) is 0 Å². The molecule has 4 nitrogen and oxygen atoms in total. The molecule has 0 saturated carbocycles. The minimum atomic E-state index is 0.0370. The standard InChI is InChI=1S/2C5H11NO/c1-4-6(3)5(2)7;1-4(2)6-5(3)7/h4H2,1-3H3;4H,1-3H3,(H,6,7). The van der Waals surface area contributed by atoms with Gasteiger partial charge < -0.3 is 10.2 Å². The number of hydrogen-bond acceptors (Lipinski definition) is 2. The predicted molar refractivity (Wildman–Crippen MR) is 57.9 cm³/mol. The average Bonchev–Trinajstić information content (AvgIpc) is 2.01. The first-order valence-corrected chi connectivity index (χ1v) is 4.80. The summed E-state index contributed by atoms with van der Waals surface area (Å²) in [6.07, 6.45) is 0. The quantitative estimate of drug-likeness (QED) is 0.726. The Morgan fingerprint density at radius 2 is 1.71 bits per heavy atom. The van der Waals surface area contributed by atoms with Crippen LogP contribution in [-0.2, 0) is 9.59 Å². The zero-order valence-electron chi connectivity index (χ0n) is 10.0. The summed E-state index contributed by atoms with van der Waals surface area (Å²) in [7, 11) is 1.78. The van der Waals surface area contributed by atoms with Gasteiger partial charge in [0.2, 0.25) is 11.8 Å². The lowest BCUT2D eigenvalue weighted by molar-refractivity contribution is -0.127. The second-order valence-electron chi connectivity index (χ2n) is 3.39. The number of amides is 2. The third-order valence-corrected chi connectivity index (χ3v) is 1.50. The first kappa shape index (κ1) is 15.4. The highest BCUT2D eigenvalue weighted by molar-refractivity contribution is 5.73. The van der Waals surface area contributed by atoms with Crippen LogP contribution in [0.3, 0.4) is 0 Å². The molecule has 0 rings (SSSR count). The van der Waals surface area contributed by atoms with Crippen LogP contribution in [0.1, 0.15) is 34.6 Å². The van der Waals surface area contributed by atoms with E-state index in [0.29, 0.717) is 0 Å². The maximum Gasteiger partial charge on any atom is 0.219 e. The van der Waals surface area contributed by atoms with Crippen molar-refractivity contribution in [3.8, 4) is 0 Å². The number of nitrogens with one attached hydrogen (secondary N) is 1. The summed E-state index contributed by atoms with van der Waals surface area (Å²) in [4.78, 5) is 22.1. The van der Waals surface area contributed by atoms with Crippen LogP contribution in [0.15, 0.2) is 0 Å². The van der Waals surface area contributed by atoms with Gasteiger partial charge in [-0.3, -0.25) is 9.59 Å². The van der Waals surface area contributed by atoms with E-state index in [1.54, 1.807) is 18.9 Å². The van der Waals surface area contributed by atoms with Crippen LogP contribution >= 0.6 is 0 Å². The highest BCUT2D eigenvalue weighted by Crippen LogP contribution is 1.78. The van der Waals surface area contributed by atoms with E-state index >= 15 is 0 Å². The first-order valence-electron chi connectivity index (χ1n) is 4.80. The zero-order chi connectivity index (χ0) is 11.7. The minimum Gasteiger partial charge on any atom is -0.354 e. The van der Waals surface area contributed by atoms with Gasteiger partial charge in [0.1, 0.15) is 0 Å². The zero-order valence-corrected chi connectivity index (χ0v) is 10.0. The molecule has 1 N–H and O–H groups in total. The van der Waals surface area contributed by atoms with E-state index in [1.807, 2.05) is 20.8 Å². The van der Waals surface area contributed by atoms with Crippen LogP contribution in [0.4, 0.5) is 0 Å². The fraction of sp³-hybridized carbons (Fsp3) is 0.800. The number of nitrogens with zero attached hydrogens (tertiary/aromatic N) is 1. The molecule has 0 atom stereocenters. The Bertz CT molecular complexity index is 179. The molecule has 0 aliphatic carbocycles. The van der Waals surface area contributed by atoms with Gasteiger partial charge in [0.15, 0.2) is 0 Å². The van der Waals surface area contributed by atoms with Crippen molar-refractivity contribution in [1.82, 2.24) is 10.2 Å². The van der Waals surface area contributed by atoms with Crippen LogP contribution < -0.4 is 5.32 Å². The SMILES string of the molecule is CC(=O)NC(C)C.CCN(C)C(C)=O. The normalized spacial score (nSPS) is 8.79. The van der Waals surface area contributed by atoms with Crippen molar-refractivity contribution in [3.63, 3.8) is 0 Å². The molecular weight excluding hydrogens is 180 g/mol. The van der Waals surface area contributed by atoms with E-state index in [0.717, 1.165) is 6.54 Å².